The number of hydrogen-bond donors (Lipinski definition) is 2. The van der Waals surface area contributed by atoms with Crippen molar-refractivity contribution in [2.24, 2.45) is 0 Å². The molecule has 3 heterocycles. The number of piperazine rings is 1. The van der Waals surface area contributed by atoms with Crippen LogP contribution in [0.4, 0.5) is 5.82 Å². The fraction of sp³-hybridized carbons (Fsp3) is 0.593. The summed E-state index contributed by atoms with van der Waals surface area (Å²) < 4.78 is 6.15. The van der Waals surface area contributed by atoms with Crippen molar-refractivity contribution in [1.29, 1.82) is 5.26 Å². The minimum absolute atomic E-state index is 0.147. The van der Waals surface area contributed by atoms with Crippen LogP contribution in [0, 0.1) is 11.3 Å². The molecule has 2 aromatic rings. The number of nitriles is 1. The Morgan fingerprint density at radius 1 is 1.14 bits per heavy atom. The molecule has 1 aromatic carbocycles. The largest absolute Gasteiger partial charge is 0.462 e. The van der Waals surface area contributed by atoms with E-state index in [1.807, 2.05) is 18.2 Å². The first-order valence-electron chi connectivity index (χ1n) is 13.0. The van der Waals surface area contributed by atoms with Gasteiger partial charge in [-0.1, -0.05) is 43.1 Å². The van der Waals surface area contributed by atoms with E-state index in [-0.39, 0.29) is 6.04 Å². The van der Waals surface area contributed by atoms with Gasteiger partial charge in [-0.2, -0.15) is 15.2 Å². The molecule has 0 saturated carbocycles. The highest BCUT2D eigenvalue weighted by molar-refractivity contribution is 6.31. The lowest BCUT2D eigenvalue weighted by Crippen LogP contribution is -2.51. The van der Waals surface area contributed by atoms with E-state index in [1.54, 1.807) is 0 Å². The molecule has 2 fully saturated rings. The molecule has 2 atom stereocenters. The second-order valence-corrected chi connectivity index (χ2v) is 9.92. The summed E-state index contributed by atoms with van der Waals surface area (Å²) in [6, 6.07) is 11.3. The summed E-state index contributed by atoms with van der Waals surface area (Å²) in [6.45, 7) is 6.30. The fourth-order valence-electron chi connectivity index (χ4n) is 5.02. The van der Waals surface area contributed by atoms with Crippen molar-refractivity contribution in [1.82, 2.24) is 20.6 Å². The SMILES string of the molecule is CCCc1c(CCCc2ccccc2Cl)nc(OCC2CCCN2)nc1N1CCNC(CC#N)C1. The van der Waals surface area contributed by atoms with Gasteiger partial charge in [0.1, 0.15) is 12.4 Å². The van der Waals surface area contributed by atoms with Crippen LogP contribution < -0.4 is 20.3 Å². The Kier molecular flexibility index (Phi) is 9.58. The lowest BCUT2D eigenvalue weighted by Gasteiger charge is -2.35. The van der Waals surface area contributed by atoms with Gasteiger partial charge in [-0.15, -0.1) is 0 Å². The summed E-state index contributed by atoms with van der Waals surface area (Å²) in [6.07, 6.45) is 7.46. The third-order valence-electron chi connectivity index (χ3n) is 6.84. The zero-order chi connectivity index (χ0) is 24.5. The zero-order valence-corrected chi connectivity index (χ0v) is 21.5. The molecule has 7 nitrogen and oxygen atoms in total. The van der Waals surface area contributed by atoms with Gasteiger partial charge in [0.05, 0.1) is 18.2 Å². The summed E-state index contributed by atoms with van der Waals surface area (Å²) in [4.78, 5) is 12.2. The molecule has 2 saturated heterocycles. The van der Waals surface area contributed by atoms with E-state index in [2.05, 4.69) is 34.6 Å². The molecule has 35 heavy (non-hydrogen) atoms. The van der Waals surface area contributed by atoms with Crippen molar-refractivity contribution in [2.45, 2.75) is 70.4 Å². The van der Waals surface area contributed by atoms with Gasteiger partial charge < -0.3 is 20.3 Å². The summed E-state index contributed by atoms with van der Waals surface area (Å²) in [5, 5.41) is 17.0. The number of anilines is 1. The Labute approximate surface area is 214 Å². The van der Waals surface area contributed by atoms with Crippen LogP contribution in [0.1, 0.15) is 55.8 Å². The van der Waals surface area contributed by atoms with E-state index in [9.17, 15) is 5.26 Å². The summed E-state index contributed by atoms with van der Waals surface area (Å²) >= 11 is 6.39. The molecule has 0 radical (unpaired) electrons. The highest BCUT2D eigenvalue weighted by Gasteiger charge is 2.25. The molecular weight excluding hydrogens is 460 g/mol. The minimum Gasteiger partial charge on any atom is -0.462 e. The predicted octanol–water partition coefficient (Wildman–Crippen LogP) is 4.08. The number of aromatic nitrogens is 2. The van der Waals surface area contributed by atoms with Crippen molar-refractivity contribution in [3.8, 4) is 12.1 Å². The smallest absolute Gasteiger partial charge is 0.318 e. The number of hydrogen-bond acceptors (Lipinski definition) is 7. The van der Waals surface area contributed by atoms with Crippen LogP contribution in [0.5, 0.6) is 6.01 Å². The second-order valence-electron chi connectivity index (χ2n) is 9.51. The molecule has 188 valence electrons. The monoisotopic (exact) mass is 496 g/mol. The number of rotatable bonds is 11. The number of halogens is 1. The summed E-state index contributed by atoms with van der Waals surface area (Å²) in [7, 11) is 0. The maximum absolute atomic E-state index is 9.22. The third kappa shape index (κ3) is 7.07. The molecule has 2 N–H and O–H groups in total. The van der Waals surface area contributed by atoms with E-state index >= 15 is 0 Å². The lowest BCUT2D eigenvalue weighted by molar-refractivity contribution is 0.256. The van der Waals surface area contributed by atoms with Gasteiger partial charge in [-0.25, -0.2) is 0 Å². The number of aryl methyl sites for hydroxylation is 2. The minimum atomic E-state index is 0.147. The van der Waals surface area contributed by atoms with E-state index in [0.29, 0.717) is 25.1 Å². The average molecular weight is 497 g/mol. The highest BCUT2D eigenvalue weighted by Crippen LogP contribution is 2.28. The molecule has 1 aromatic heterocycles. The van der Waals surface area contributed by atoms with Crippen LogP contribution in [0.15, 0.2) is 24.3 Å². The first-order chi connectivity index (χ1) is 17.2. The van der Waals surface area contributed by atoms with Crippen LogP contribution in [0.3, 0.4) is 0 Å². The van der Waals surface area contributed by atoms with Crippen LogP contribution in [0.25, 0.3) is 0 Å². The molecule has 8 heteroatoms. The standard InChI is InChI=1S/C27H37ClN6O/c1-2-7-23-25(12-5-9-20-8-3-4-11-24(20)28)32-27(35-19-22-10-6-15-30-22)33-26(23)34-17-16-31-21(18-34)13-14-29/h3-4,8,11,21-22,30-31H,2,5-7,9-10,12-13,15-19H2,1H3. The molecule has 4 rings (SSSR count). The van der Waals surface area contributed by atoms with Crippen molar-refractivity contribution in [3.63, 3.8) is 0 Å². The molecule has 0 aliphatic carbocycles. The van der Waals surface area contributed by atoms with Gasteiger partial charge in [-0.3, -0.25) is 0 Å². The molecule has 0 spiro atoms. The van der Waals surface area contributed by atoms with Crippen molar-refractivity contribution in [3.05, 3.63) is 46.1 Å². The van der Waals surface area contributed by atoms with Crippen LogP contribution >= 0.6 is 11.6 Å². The topological polar surface area (TPSA) is 86.1 Å². The Morgan fingerprint density at radius 2 is 2.00 bits per heavy atom. The van der Waals surface area contributed by atoms with Crippen LogP contribution in [-0.4, -0.2) is 54.8 Å². The molecule has 2 unspecified atom stereocenters. The van der Waals surface area contributed by atoms with Gasteiger partial charge in [0.25, 0.3) is 0 Å². The predicted molar refractivity (Wildman–Crippen MR) is 140 cm³/mol. The van der Waals surface area contributed by atoms with Gasteiger partial charge in [-0.05, 0) is 56.7 Å². The third-order valence-corrected chi connectivity index (χ3v) is 7.21. The van der Waals surface area contributed by atoms with E-state index in [1.165, 1.54) is 17.5 Å². The number of nitrogens with zero attached hydrogens (tertiary/aromatic N) is 4. The van der Waals surface area contributed by atoms with Gasteiger partial charge >= 0.3 is 6.01 Å². The number of ether oxygens (including phenoxy) is 1. The number of benzene rings is 1. The van der Waals surface area contributed by atoms with Gasteiger partial charge in [0.2, 0.25) is 0 Å². The molecule has 0 amide bonds. The lowest BCUT2D eigenvalue weighted by atomic mass is 10.0. The highest BCUT2D eigenvalue weighted by atomic mass is 35.5. The fourth-order valence-corrected chi connectivity index (χ4v) is 5.25. The van der Waals surface area contributed by atoms with E-state index in [4.69, 9.17) is 26.3 Å². The molecule has 2 aliphatic heterocycles. The first kappa shape index (κ1) is 25.7. The normalized spacial score (nSPS) is 20.1. The zero-order valence-electron chi connectivity index (χ0n) is 20.7. The average Bonchev–Trinajstić information content (AvgIpc) is 3.39. The Morgan fingerprint density at radius 3 is 2.77 bits per heavy atom. The number of nitrogens with one attached hydrogen (secondary N) is 2. The van der Waals surface area contributed by atoms with Crippen molar-refractivity contribution >= 4 is 17.4 Å². The molecular formula is C27H37ClN6O. The quantitative estimate of drug-likeness (QED) is 0.484. The van der Waals surface area contributed by atoms with Crippen molar-refractivity contribution in [2.75, 3.05) is 37.7 Å². The molecule has 2 aliphatic rings. The maximum atomic E-state index is 9.22. The second kappa shape index (κ2) is 13.1. The molecule has 0 bridgehead atoms. The van der Waals surface area contributed by atoms with Gasteiger partial charge in [0.15, 0.2) is 0 Å². The van der Waals surface area contributed by atoms with Crippen molar-refractivity contribution < 1.29 is 4.74 Å². The first-order valence-corrected chi connectivity index (χ1v) is 13.4. The Balaban J connectivity index is 1.58. The summed E-state index contributed by atoms with van der Waals surface area (Å²) in [5.41, 5.74) is 3.47. The van der Waals surface area contributed by atoms with Crippen LogP contribution in [-0.2, 0) is 19.3 Å². The maximum Gasteiger partial charge on any atom is 0.318 e. The van der Waals surface area contributed by atoms with Gasteiger partial charge in [0, 0.05) is 42.3 Å². The summed E-state index contributed by atoms with van der Waals surface area (Å²) in [5.74, 6) is 0.980. The Bertz CT molecular complexity index is 1000. The van der Waals surface area contributed by atoms with E-state index in [0.717, 1.165) is 81.2 Å². The van der Waals surface area contributed by atoms with Crippen LogP contribution in [0.2, 0.25) is 5.02 Å². The Hall–Kier alpha value is -2.40. The van der Waals surface area contributed by atoms with E-state index < -0.39 is 0 Å².